The summed E-state index contributed by atoms with van der Waals surface area (Å²) in [5, 5.41) is 1.14. The fraction of sp³-hybridized carbons (Fsp3) is 0.250. The molecule has 4 rings (SSSR count). The zero-order valence-corrected chi connectivity index (χ0v) is 11.8. The van der Waals surface area contributed by atoms with Crippen LogP contribution in [0.5, 0.6) is 5.88 Å². The molecule has 3 nitrogen and oxygen atoms in total. The maximum absolute atomic E-state index is 5.94. The molecule has 1 aliphatic carbocycles. The van der Waals surface area contributed by atoms with Crippen molar-refractivity contribution in [2.24, 2.45) is 0 Å². The number of aromatic nitrogens is 2. The van der Waals surface area contributed by atoms with Crippen LogP contribution in [0.25, 0.3) is 10.2 Å². The highest BCUT2D eigenvalue weighted by molar-refractivity contribution is 7.18. The number of nitrogens with zero attached hydrogens (tertiary/aromatic N) is 2. The molecule has 2 heterocycles. The molecule has 2 aromatic heterocycles. The monoisotopic (exact) mass is 282 g/mol. The van der Waals surface area contributed by atoms with Crippen molar-refractivity contribution in [3.05, 3.63) is 52.7 Å². The third kappa shape index (κ3) is 1.96. The lowest BCUT2D eigenvalue weighted by Crippen LogP contribution is -1.98. The van der Waals surface area contributed by atoms with Gasteiger partial charge in [0, 0.05) is 4.88 Å². The lowest BCUT2D eigenvalue weighted by Gasteiger charge is -2.07. The van der Waals surface area contributed by atoms with Gasteiger partial charge in [-0.25, -0.2) is 9.97 Å². The third-order valence-corrected chi connectivity index (χ3v) is 4.88. The van der Waals surface area contributed by atoms with Crippen LogP contribution in [0.1, 0.15) is 22.4 Å². The Balaban J connectivity index is 1.69. The van der Waals surface area contributed by atoms with Crippen molar-refractivity contribution in [3.8, 4) is 5.88 Å². The number of hydrogen-bond acceptors (Lipinski definition) is 4. The van der Waals surface area contributed by atoms with Crippen LogP contribution in [0.2, 0.25) is 0 Å². The Hall–Kier alpha value is -1.94. The molecule has 0 fully saturated rings. The van der Waals surface area contributed by atoms with Gasteiger partial charge in [0.1, 0.15) is 17.8 Å². The van der Waals surface area contributed by atoms with Crippen molar-refractivity contribution in [2.45, 2.75) is 25.9 Å². The second-order valence-electron chi connectivity index (χ2n) is 4.99. The lowest BCUT2D eigenvalue weighted by molar-refractivity contribution is 0.297. The molecular weight excluding hydrogens is 268 g/mol. The second kappa shape index (κ2) is 4.87. The molecule has 0 N–H and O–H groups in total. The third-order valence-electron chi connectivity index (χ3n) is 3.68. The zero-order chi connectivity index (χ0) is 13.4. The van der Waals surface area contributed by atoms with E-state index in [1.54, 1.807) is 17.7 Å². The minimum atomic E-state index is 0.553. The van der Waals surface area contributed by atoms with E-state index in [-0.39, 0.29) is 0 Å². The molecule has 1 aliphatic rings. The summed E-state index contributed by atoms with van der Waals surface area (Å²) in [6, 6.07) is 10.2. The number of aryl methyl sites for hydroxylation is 2. The lowest BCUT2D eigenvalue weighted by atomic mass is 10.2. The van der Waals surface area contributed by atoms with Crippen LogP contribution in [0.3, 0.4) is 0 Å². The van der Waals surface area contributed by atoms with Crippen molar-refractivity contribution in [1.29, 1.82) is 0 Å². The van der Waals surface area contributed by atoms with Gasteiger partial charge in [-0.1, -0.05) is 30.3 Å². The molecule has 3 aromatic rings. The van der Waals surface area contributed by atoms with Crippen molar-refractivity contribution in [1.82, 2.24) is 9.97 Å². The molecule has 20 heavy (non-hydrogen) atoms. The maximum atomic E-state index is 5.94. The molecule has 0 atom stereocenters. The van der Waals surface area contributed by atoms with E-state index in [9.17, 15) is 0 Å². The van der Waals surface area contributed by atoms with Crippen LogP contribution in [-0.4, -0.2) is 9.97 Å². The number of rotatable bonds is 3. The van der Waals surface area contributed by atoms with Crippen molar-refractivity contribution in [3.63, 3.8) is 0 Å². The molecule has 0 unspecified atom stereocenters. The molecule has 0 bridgehead atoms. The number of ether oxygens (including phenoxy) is 1. The first kappa shape index (κ1) is 11.9. The Kier molecular flexibility index (Phi) is 2.89. The van der Waals surface area contributed by atoms with Gasteiger partial charge in [-0.3, -0.25) is 0 Å². The van der Waals surface area contributed by atoms with Gasteiger partial charge in [-0.15, -0.1) is 11.3 Å². The quantitative estimate of drug-likeness (QED) is 0.733. The summed E-state index contributed by atoms with van der Waals surface area (Å²) in [5.41, 5.74) is 2.57. The van der Waals surface area contributed by atoms with Crippen LogP contribution in [0, 0.1) is 0 Å². The zero-order valence-electron chi connectivity index (χ0n) is 11.0. The van der Waals surface area contributed by atoms with Crippen molar-refractivity contribution >= 4 is 21.6 Å². The smallest absolute Gasteiger partial charge is 0.225 e. The highest BCUT2D eigenvalue weighted by Crippen LogP contribution is 2.39. The Morgan fingerprint density at radius 2 is 2.00 bits per heavy atom. The molecular formula is C16H14N2OS. The summed E-state index contributed by atoms with van der Waals surface area (Å²) in [4.78, 5) is 11.3. The largest absolute Gasteiger partial charge is 0.472 e. The molecule has 0 amide bonds. The van der Waals surface area contributed by atoms with E-state index in [2.05, 4.69) is 22.1 Å². The van der Waals surface area contributed by atoms with E-state index in [1.807, 2.05) is 18.2 Å². The van der Waals surface area contributed by atoms with Gasteiger partial charge in [0.25, 0.3) is 0 Å². The highest BCUT2D eigenvalue weighted by Gasteiger charge is 2.21. The van der Waals surface area contributed by atoms with Gasteiger partial charge in [-0.2, -0.15) is 0 Å². The predicted molar refractivity (Wildman–Crippen MR) is 80.2 cm³/mol. The summed E-state index contributed by atoms with van der Waals surface area (Å²) in [6.07, 6.45) is 5.15. The first-order valence-electron chi connectivity index (χ1n) is 6.84. The van der Waals surface area contributed by atoms with E-state index in [4.69, 9.17) is 4.74 Å². The van der Waals surface area contributed by atoms with E-state index in [1.165, 1.54) is 23.3 Å². The molecule has 4 heteroatoms. The minimum Gasteiger partial charge on any atom is -0.472 e. The normalized spacial score (nSPS) is 13.6. The fourth-order valence-electron chi connectivity index (χ4n) is 2.74. The topological polar surface area (TPSA) is 35.0 Å². The van der Waals surface area contributed by atoms with Crippen molar-refractivity contribution in [2.75, 3.05) is 0 Å². The first-order valence-corrected chi connectivity index (χ1v) is 7.65. The Morgan fingerprint density at radius 1 is 1.10 bits per heavy atom. The average molecular weight is 282 g/mol. The van der Waals surface area contributed by atoms with Gasteiger partial charge >= 0.3 is 0 Å². The van der Waals surface area contributed by atoms with Crippen LogP contribution in [0.15, 0.2) is 36.7 Å². The minimum absolute atomic E-state index is 0.553. The Morgan fingerprint density at radius 3 is 2.90 bits per heavy atom. The van der Waals surface area contributed by atoms with Gasteiger partial charge < -0.3 is 4.74 Å². The van der Waals surface area contributed by atoms with E-state index < -0.39 is 0 Å². The number of benzene rings is 1. The molecule has 0 aliphatic heterocycles. The number of hydrogen-bond donors (Lipinski definition) is 0. The van der Waals surface area contributed by atoms with Crippen molar-refractivity contribution < 1.29 is 4.74 Å². The molecule has 1 aromatic carbocycles. The number of fused-ring (bicyclic) bond motifs is 3. The molecule has 0 radical (unpaired) electrons. The van der Waals surface area contributed by atoms with E-state index >= 15 is 0 Å². The average Bonchev–Trinajstić information content (AvgIpc) is 3.06. The highest BCUT2D eigenvalue weighted by atomic mass is 32.1. The maximum Gasteiger partial charge on any atom is 0.225 e. The Labute approximate surface area is 121 Å². The van der Waals surface area contributed by atoms with E-state index in [0.29, 0.717) is 6.61 Å². The molecule has 100 valence electrons. The number of thiophene rings is 1. The summed E-state index contributed by atoms with van der Waals surface area (Å²) in [6.45, 7) is 0.553. The molecule has 0 saturated heterocycles. The molecule has 0 spiro atoms. The van der Waals surface area contributed by atoms with Gasteiger partial charge in [0.15, 0.2) is 0 Å². The van der Waals surface area contributed by atoms with Crippen LogP contribution < -0.4 is 4.74 Å². The van der Waals surface area contributed by atoms with Crippen LogP contribution >= 0.6 is 11.3 Å². The first-order chi connectivity index (χ1) is 9.92. The summed E-state index contributed by atoms with van der Waals surface area (Å²) in [7, 11) is 0. The standard InChI is InChI=1S/C16H14N2OS/c1-2-5-11(6-3-1)9-19-15-14-12-7-4-8-13(12)20-16(14)18-10-17-15/h1-3,5-6,10H,4,7-9H2. The summed E-state index contributed by atoms with van der Waals surface area (Å²) >= 11 is 1.79. The van der Waals surface area contributed by atoms with E-state index in [0.717, 1.165) is 28.1 Å². The van der Waals surface area contributed by atoms with Gasteiger partial charge in [-0.05, 0) is 30.4 Å². The van der Waals surface area contributed by atoms with Gasteiger partial charge in [0.05, 0.1) is 5.39 Å². The van der Waals surface area contributed by atoms with Crippen LogP contribution in [0.4, 0.5) is 0 Å². The second-order valence-corrected chi connectivity index (χ2v) is 6.07. The molecule has 0 saturated carbocycles. The SMILES string of the molecule is c1ccc(COc2ncnc3sc4c(c23)CCC4)cc1. The fourth-order valence-corrected chi connectivity index (χ4v) is 3.95. The summed E-state index contributed by atoms with van der Waals surface area (Å²) < 4.78 is 5.94. The van der Waals surface area contributed by atoms with Gasteiger partial charge in [0.2, 0.25) is 5.88 Å². The summed E-state index contributed by atoms with van der Waals surface area (Å²) in [5.74, 6) is 0.734. The predicted octanol–water partition coefficient (Wildman–Crippen LogP) is 3.76. The van der Waals surface area contributed by atoms with Crippen LogP contribution in [-0.2, 0) is 19.4 Å². The Bertz CT molecular complexity index is 752.